The van der Waals surface area contributed by atoms with Crippen molar-refractivity contribution in [3.63, 3.8) is 0 Å². The number of hydrogen-bond donors (Lipinski definition) is 2. The molecule has 0 aliphatic rings. The Morgan fingerprint density at radius 3 is 2.38 bits per heavy atom. The minimum atomic E-state index is -1.24. The van der Waals surface area contributed by atoms with Crippen LogP contribution >= 0.6 is 34.8 Å². The molecule has 0 fully saturated rings. The highest BCUT2D eigenvalue weighted by molar-refractivity contribution is 6.44. The van der Waals surface area contributed by atoms with E-state index in [1.54, 1.807) is 0 Å². The smallest absolute Gasteiger partial charge is 0.129 e. The van der Waals surface area contributed by atoms with Crippen LogP contribution in [0.1, 0.15) is 11.7 Å². The number of benzene rings is 2. The summed E-state index contributed by atoms with van der Waals surface area (Å²) in [5.74, 6) is -1.32. The highest BCUT2D eigenvalue weighted by atomic mass is 35.5. The van der Waals surface area contributed by atoms with Gasteiger partial charge in [-0.3, -0.25) is 0 Å². The molecule has 0 spiro atoms. The van der Waals surface area contributed by atoms with E-state index in [1.807, 2.05) is 0 Å². The zero-order chi connectivity index (χ0) is 15.6. The summed E-state index contributed by atoms with van der Waals surface area (Å²) in [5, 5.41) is 13.6. The van der Waals surface area contributed by atoms with Crippen LogP contribution in [0.2, 0.25) is 15.1 Å². The Balaban J connectivity index is 2.12. The van der Waals surface area contributed by atoms with Gasteiger partial charge >= 0.3 is 0 Å². The number of nitrogens with one attached hydrogen (secondary N) is 1. The van der Waals surface area contributed by atoms with Crippen LogP contribution in [0.4, 0.5) is 14.5 Å². The summed E-state index contributed by atoms with van der Waals surface area (Å²) in [6.45, 7) is -0.0714. The van der Waals surface area contributed by atoms with Gasteiger partial charge in [-0.05, 0) is 30.3 Å². The lowest BCUT2D eigenvalue weighted by Gasteiger charge is -2.15. The molecule has 0 amide bonds. The average Bonchev–Trinajstić information content (AvgIpc) is 2.43. The van der Waals surface area contributed by atoms with Crippen LogP contribution in [0.3, 0.4) is 0 Å². The molecule has 2 aromatic rings. The molecule has 1 atom stereocenters. The predicted octanol–water partition coefficient (Wildman–Crippen LogP) is 5.07. The van der Waals surface area contributed by atoms with Gasteiger partial charge in [0.05, 0.1) is 26.9 Å². The molecule has 0 saturated carbocycles. The molecule has 2 aromatic carbocycles. The number of rotatable bonds is 4. The van der Waals surface area contributed by atoms with E-state index < -0.39 is 17.7 Å². The molecule has 112 valence electrons. The first-order valence-electron chi connectivity index (χ1n) is 5.90. The van der Waals surface area contributed by atoms with Crippen molar-refractivity contribution in [1.82, 2.24) is 0 Å². The topological polar surface area (TPSA) is 32.3 Å². The van der Waals surface area contributed by atoms with Gasteiger partial charge in [-0.1, -0.05) is 34.8 Å². The highest BCUT2D eigenvalue weighted by Gasteiger charge is 2.15. The SMILES string of the molecule is OC(CNc1cc(Cl)c(Cl)cc1Cl)c1cc(F)ccc1F. The van der Waals surface area contributed by atoms with Gasteiger partial charge in [-0.25, -0.2) is 8.78 Å². The summed E-state index contributed by atoms with van der Waals surface area (Å²) in [6.07, 6.45) is -1.24. The largest absolute Gasteiger partial charge is 0.386 e. The number of hydrogen-bond acceptors (Lipinski definition) is 2. The first kappa shape index (κ1) is 16.3. The van der Waals surface area contributed by atoms with Crippen LogP contribution in [0.15, 0.2) is 30.3 Å². The molecular weight excluding hydrogens is 343 g/mol. The second-order valence-electron chi connectivity index (χ2n) is 4.31. The van der Waals surface area contributed by atoms with Gasteiger partial charge in [0.25, 0.3) is 0 Å². The molecule has 0 heterocycles. The van der Waals surface area contributed by atoms with Crippen molar-refractivity contribution in [1.29, 1.82) is 0 Å². The average molecular weight is 353 g/mol. The van der Waals surface area contributed by atoms with E-state index in [0.717, 1.165) is 18.2 Å². The third kappa shape index (κ3) is 3.98. The van der Waals surface area contributed by atoms with E-state index in [1.165, 1.54) is 12.1 Å². The second-order valence-corrected chi connectivity index (χ2v) is 5.53. The number of aliphatic hydroxyl groups excluding tert-OH is 1. The van der Waals surface area contributed by atoms with Crippen molar-refractivity contribution in [2.75, 3.05) is 11.9 Å². The quantitative estimate of drug-likeness (QED) is 0.753. The molecule has 0 aliphatic carbocycles. The van der Waals surface area contributed by atoms with Crippen LogP contribution < -0.4 is 5.32 Å². The normalized spacial score (nSPS) is 12.3. The molecule has 2 N–H and O–H groups in total. The minimum Gasteiger partial charge on any atom is -0.386 e. The zero-order valence-corrected chi connectivity index (χ0v) is 12.8. The maximum Gasteiger partial charge on any atom is 0.129 e. The fourth-order valence-electron chi connectivity index (χ4n) is 1.74. The molecule has 1 unspecified atom stereocenters. The maximum absolute atomic E-state index is 13.5. The van der Waals surface area contributed by atoms with Crippen LogP contribution in [0.5, 0.6) is 0 Å². The summed E-state index contributed by atoms with van der Waals surface area (Å²) in [6, 6.07) is 5.82. The molecule has 0 radical (unpaired) electrons. The minimum absolute atomic E-state index is 0.0714. The van der Waals surface area contributed by atoms with Crippen molar-refractivity contribution in [2.45, 2.75) is 6.10 Å². The molecule has 0 aliphatic heterocycles. The zero-order valence-electron chi connectivity index (χ0n) is 10.5. The summed E-state index contributed by atoms with van der Waals surface area (Å²) in [5.41, 5.74) is 0.292. The maximum atomic E-state index is 13.5. The predicted molar refractivity (Wildman–Crippen MR) is 81.3 cm³/mol. The monoisotopic (exact) mass is 351 g/mol. The van der Waals surface area contributed by atoms with Crippen molar-refractivity contribution in [3.05, 3.63) is 62.6 Å². The molecule has 2 rings (SSSR count). The molecule has 7 heteroatoms. The van der Waals surface area contributed by atoms with Crippen LogP contribution in [0.25, 0.3) is 0 Å². The Labute approximate surface area is 135 Å². The third-order valence-corrected chi connectivity index (χ3v) is 3.85. The highest BCUT2D eigenvalue weighted by Crippen LogP contribution is 2.32. The van der Waals surface area contributed by atoms with E-state index in [-0.39, 0.29) is 17.1 Å². The molecule has 0 saturated heterocycles. The van der Waals surface area contributed by atoms with Gasteiger partial charge in [0.15, 0.2) is 0 Å². The van der Waals surface area contributed by atoms with Gasteiger partial charge in [0, 0.05) is 12.1 Å². The molecule has 2 nitrogen and oxygen atoms in total. The fourth-order valence-corrected chi connectivity index (χ4v) is 2.36. The lowest BCUT2D eigenvalue weighted by molar-refractivity contribution is 0.186. The van der Waals surface area contributed by atoms with Gasteiger partial charge in [0.1, 0.15) is 11.6 Å². The van der Waals surface area contributed by atoms with Crippen molar-refractivity contribution in [3.8, 4) is 0 Å². The van der Waals surface area contributed by atoms with Crippen LogP contribution in [0, 0.1) is 11.6 Å². The lowest BCUT2D eigenvalue weighted by Crippen LogP contribution is -2.14. The number of aliphatic hydroxyl groups is 1. The van der Waals surface area contributed by atoms with E-state index in [4.69, 9.17) is 34.8 Å². The van der Waals surface area contributed by atoms with Crippen LogP contribution in [-0.2, 0) is 0 Å². The van der Waals surface area contributed by atoms with E-state index in [9.17, 15) is 13.9 Å². The Bertz CT molecular complexity index is 667. The van der Waals surface area contributed by atoms with Gasteiger partial charge in [0.2, 0.25) is 0 Å². The first-order chi connectivity index (χ1) is 9.88. The Hall–Kier alpha value is -1.07. The summed E-state index contributed by atoms with van der Waals surface area (Å²) in [4.78, 5) is 0. The fraction of sp³-hybridized carbons (Fsp3) is 0.143. The van der Waals surface area contributed by atoms with Gasteiger partial charge in [-0.15, -0.1) is 0 Å². The Morgan fingerprint density at radius 2 is 1.67 bits per heavy atom. The summed E-state index contributed by atoms with van der Waals surface area (Å²) < 4.78 is 26.6. The van der Waals surface area contributed by atoms with E-state index in [0.29, 0.717) is 15.7 Å². The molecule has 0 aromatic heterocycles. The van der Waals surface area contributed by atoms with Crippen molar-refractivity contribution in [2.24, 2.45) is 0 Å². The van der Waals surface area contributed by atoms with E-state index >= 15 is 0 Å². The van der Waals surface area contributed by atoms with Crippen molar-refractivity contribution < 1.29 is 13.9 Å². The summed E-state index contributed by atoms with van der Waals surface area (Å²) in [7, 11) is 0. The second kappa shape index (κ2) is 6.79. The number of halogens is 5. The molecule has 21 heavy (non-hydrogen) atoms. The Kier molecular flexibility index (Phi) is 5.27. The van der Waals surface area contributed by atoms with Crippen LogP contribution in [-0.4, -0.2) is 11.7 Å². The summed E-state index contributed by atoms with van der Waals surface area (Å²) >= 11 is 17.6. The standard InChI is InChI=1S/C14H10Cl3F2NO/c15-9-4-11(17)13(5-10(9)16)20-6-14(21)8-3-7(18)1-2-12(8)19/h1-5,14,20-21H,6H2. The molecule has 0 bridgehead atoms. The first-order valence-corrected chi connectivity index (χ1v) is 7.03. The lowest BCUT2D eigenvalue weighted by atomic mass is 10.1. The van der Waals surface area contributed by atoms with Gasteiger partial charge in [-0.2, -0.15) is 0 Å². The Morgan fingerprint density at radius 1 is 1.00 bits per heavy atom. The number of anilines is 1. The molecular formula is C14H10Cl3F2NO. The third-order valence-electron chi connectivity index (χ3n) is 2.81. The van der Waals surface area contributed by atoms with Crippen molar-refractivity contribution >= 4 is 40.5 Å². The van der Waals surface area contributed by atoms with E-state index in [2.05, 4.69) is 5.32 Å². The van der Waals surface area contributed by atoms with Gasteiger partial charge < -0.3 is 10.4 Å².